The summed E-state index contributed by atoms with van der Waals surface area (Å²) in [5, 5.41) is 0. The summed E-state index contributed by atoms with van der Waals surface area (Å²) < 4.78 is 5.04. The molecule has 2 nitrogen and oxygen atoms in total. The fraction of sp³-hybridized carbons (Fsp3) is 0.300. The second kappa shape index (κ2) is 5.47. The van der Waals surface area contributed by atoms with E-state index in [1.807, 2.05) is 19.9 Å². The van der Waals surface area contributed by atoms with Gasteiger partial charge in [0.15, 0.2) is 0 Å². The quantitative estimate of drug-likeness (QED) is 0.760. The Balaban J connectivity index is 0.00000144. The van der Waals surface area contributed by atoms with E-state index in [-0.39, 0.29) is 31.1 Å². The van der Waals surface area contributed by atoms with E-state index in [2.05, 4.69) is 11.6 Å². The van der Waals surface area contributed by atoms with Crippen molar-refractivity contribution < 1.29 is 35.9 Å². The van der Waals surface area contributed by atoms with Crippen LogP contribution in [0, 0.1) is 38.0 Å². The van der Waals surface area contributed by atoms with Crippen molar-refractivity contribution in [1.82, 2.24) is 4.98 Å². The number of allylic oxidation sites excluding steroid dienone is 1. The maximum Gasteiger partial charge on any atom is 0.137 e. The van der Waals surface area contributed by atoms with Crippen molar-refractivity contribution in [2.75, 3.05) is 7.11 Å². The third-order valence-electron chi connectivity index (χ3n) is 1.69. The molecule has 0 spiro atoms. The van der Waals surface area contributed by atoms with Gasteiger partial charge in [0.05, 0.1) is 19.0 Å². The molecule has 1 aromatic heterocycles. The van der Waals surface area contributed by atoms with Gasteiger partial charge in [0.25, 0.3) is 0 Å². The largest absolute Gasteiger partial charge is 0.495 e. The second-order valence-electron chi connectivity index (χ2n) is 2.82. The van der Waals surface area contributed by atoms with Gasteiger partial charge in [-0.25, -0.2) is 0 Å². The number of methoxy groups -OCH3 is 1. The summed E-state index contributed by atoms with van der Waals surface area (Å²) >= 11 is 0. The third kappa shape index (κ3) is 3.17. The number of ether oxygens (including phenoxy) is 1. The predicted octanol–water partition coefficient (Wildman–Crippen LogP) is 2.43. The number of aryl methyl sites for hydroxylation is 1. The monoisotopic (exact) mass is 401 g/mol. The van der Waals surface area contributed by atoms with E-state index in [1.54, 1.807) is 13.3 Å². The van der Waals surface area contributed by atoms with Gasteiger partial charge in [-0.15, -0.1) is 0 Å². The Bertz CT molecular complexity index is 310. The average molecular weight is 401 g/mol. The summed E-state index contributed by atoms with van der Waals surface area (Å²) in [5.74, 6) is 0.789. The molecular formula is C10H13NOU. The van der Waals surface area contributed by atoms with Gasteiger partial charge in [-0.05, 0) is 31.1 Å². The first-order chi connectivity index (χ1) is 5.65. The molecule has 68 valence electrons. The summed E-state index contributed by atoms with van der Waals surface area (Å²) in [6, 6.07) is 1.96. The zero-order valence-electron chi connectivity index (χ0n) is 8.22. The van der Waals surface area contributed by atoms with Crippen molar-refractivity contribution in [3.05, 3.63) is 30.1 Å². The normalized spacial score (nSPS) is 8.85. The van der Waals surface area contributed by atoms with Crippen molar-refractivity contribution in [2.45, 2.75) is 13.8 Å². The smallest absolute Gasteiger partial charge is 0.137 e. The SMILES string of the molecule is C=C(C)c1ncc(OC)cc1C.[U]. The van der Waals surface area contributed by atoms with Crippen LogP contribution in [0.1, 0.15) is 18.2 Å². The van der Waals surface area contributed by atoms with Gasteiger partial charge in [-0.3, -0.25) is 4.98 Å². The topological polar surface area (TPSA) is 22.1 Å². The Morgan fingerprint density at radius 2 is 2.15 bits per heavy atom. The predicted molar refractivity (Wildman–Crippen MR) is 50.2 cm³/mol. The number of nitrogens with zero attached hydrogens (tertiary/aromatic N) is 1. The first kappa shape index (κ1) is 12.7. The van der Waals surface area contributed by atoms with Crippen LogP contribution in [0.5, 0.6) is 5.75 Å². The first-order valence-electron chi connectivity index (χ1n) is 3.81. The fourth-order valence-electron chi connectivity index (χ4n) is 1.11. The molecule has 0 aromatic carbocycles. The molecular weight excluding hydrogens is 388 g/mol. The Labute approximate surface area is 103 Å². The minimum Gasteiger partial charge on any atom is -0.495 e. The molecule has 0 N–H and O–H groups in total. The minimum absolute atomic E-state index is 0. The van der Waals surface area contributed by atoms with Gasteiger partial charge in [0, 0.05) is 31.1 Å². The third-order valence-corrected chi connectivity index (χ3v) is 1.69. The zero-order chi connectivity index (χ0) is 9.14. The van der Waals surface area contributed by atoms with Crippen molar-refractivity contribution in [3.8, 4) is 5.75 Å². The molecule has 0 amide bonds. The molecule has 1 aromatic rings. The van der Waals surface area contributed by atoms with Gasteiger partial charge in [-0.2, -0.15) is 0 Å². The Morgan fingerprint density at radius 3 is 2.54 bits per heavy atom. The van der Waals surface area contributed by atoms with Crippen LogP contribution in [-0.4, -0.2) is 12.1 Å². The van der Waals surface area contributed by atoms with Crippen LogP contribution < -0.4 is 4.74 Å². The molecule has 3 heteroatoms. The van der Waals surface area contributed by atoms with Gasteiger partial charge < -0.3 is 4.74 Å². The number of hydrogen-bond acceptors (Lipinski definition) is 2. The van der Waals surface area contributed by atoms with Gasteiger partial charge in [0.1, 0.15) is 5.75 Å². The van der Waals surface area contributed by atoms with E-state index in [0.29, 0.717) is 0 Å². The molecule has 0 aliphatic rings. The molecule has 0 fully saturated rings. The minimum atomic E-state index is 0. The molecule has 0 bridgehead atoms. The van der Waals surface area contributed by atoms with E-state index >= 15 is 0 Å². The Hall–Kier alpha value is -0.258. The van der Waals surface area contributed by atoms with E-state index in [9.17, 15) is 0 Å². The van der Waals surface area contributed by atoms with Gasteiger partial charge >= 0.3 is 0 Å². The van der Waals surface area contributed by atoms with Crippen LogP contribution in [0.4, 0.5) is 0 Å². The molecule has 0 radical (unpaired) electrons. The van der Waals surface area contributed by atoms with E-state index in [1.165, 1.54) is 0 Å². The van der Waals surface area contributed by atoms with Crippen molar-refractivity contribution in [1.29, 1.82) is 0 Å². The molecule has 0 atom stereocenters. The van der Waals surface area contributed by atoms with E-state index in [4.69, 9.17) is 4.74 Å². The molecule has 0 unspecified atom stereocenters. The summed E-state index contributed by atoms with van der Waals surface area (Å²) in [5.41, 5.74) is 3.04. The number of rotatable bonds is 2. The molecule has 0 aliphatic carbocycles. The van der Waals surface area contributed by atoms with Gasteiger partial charge in [-0.1, -0.05) is 6.58 Å². The molecule has 0 saturated heterocycles. The van der Waals surface area contributed by atoms with Crippen LogP contribution in [0.3, 0.4) is 0 Å². The molecule has 0 saturated carbocycles. The Morgan fingerprint density at radius 1 is 1.54 bits per heavy atom. The van der Waals surface area contributed by atoms with E-state index in [0.717, 1.165) is 22.6 Å². The van der Waals surface area contributed by atoms with Crippen molar-refractivity contribution in [3.63, 3.8) is 0 Å². The summed E-state index contributed by atoms with van der Waals surface area (Å²) in [4.78, 5) is 4.22. The number of hydrogen-bond donors (Lipinski definition) is 0. The van der Waals surface area contributed by atoms with Crippen LogP contribution in [0.15, 0.2) is 18.8 Å². The van der Waals surface area contributed by atoms with E-state index < -0.39 is 0 Å². The first-order valence-corrected chi connectivity index (χ1v) is 3.81. The number of aromatic nitrogens is 1. The van der Waals surface area contributed by atoms with Crippen LogP contribution in [0.25, 0.3) is 5.57 Å². The fourth-order valence-corrected chi connectivity index (χ4v) is 1.11. The van der Waals surface area contributed by atoms with Gasteiger partial charge in [0.2, 0.25) is 0 Å². The van der Waals surface area contributed by atoms with Crippen LogP contribution in [-0.2, 0) is 0 Å². The standard InChI is InChI=1S/C10H13NO.U/c1-7(2)10-8(3)5-9(12-4)6-11-10;/h5-6H,1H2,2-4H3;. The van der Waals surface area contributed by atoms with Crippen LogP contribution in [0.2, 0.25) is 0 Å². The van der Waals surface area contributed by atoms with Crippen molar-refractivity contribution >= 4 is 5.57 Å². The zero-order valence-corrected chi connectivity index (χ0v) is 12.4. The maximum atomic E-state index is 5.04. The molecule has 13 heavy (non-hydrogen) atoms. The van der Waals surface area contributed by atoms with Crippen LogP contribution >= 0.6 is 0 Å². The summed E-state index contributed by atoms with van der Waals surface area (Å²) in [7, 11) is 1.64. The number of pyridine rings is 1. The summed E-state index contributed by atoms with van der Waals surface area (Å²) in [6.45, 7) is 7.78. The molecule has 0 aliphatic heterocycles. The molecule has 1 heterocycles. The summed E-state index contributed by atoms with van der Waals surface area (Å²) in [6.07, 6.45) is 1.71. The average Bonchev–Trinajstić information content (AvgIpc) is 2.03. The maximum absolute atomic E-state index is 5.04. The van der Waals surface area contributed by atoms with Crippen molar-refractivity contribution in [2.24, 2.45) is 0 Å². The molecule has 1 rings (SSSR count). The Kier molecular flexibility index (Phi) is 5.36. The second-order valence-corrected chi connectivity index (χ2v) is 2.82.